The maximum absolute atomic E-state index is 13.3. The molecule has 0 bridgehead atoms. The van der Waals surface area contributed by atoms with Gasteiger partial charge in [0.25, 0.3) is 0 Å². The molecule has 0 aliphatic rings. The van der Waals surface area contributed by atoms with E-state index in [-0.39, 0.29) is 18.1 Å². The van der Waals surface area contributed by atoms with E-state index in [1.165, 1.54) is 20.2 Å². The summed E-state index contributed by atoms with van der Waals surface area (Å²) in [6, 6.07) is 4.63. The van der Waals surface area contributed by atoms with Gasteiger partial charge in [0.2, 0.25) is 5.91 Å². The van der Waals surface area contributed by atoms with Crippen molar-refractivity contribution in [1.29, 1.82) is 0 Å². The number of amides is 1. The van der Waals surface area contributed by atoms with Crippen molar-refractivity contribution in [2.24, 2.45) is 5.84 Å². The van der Waals surface area contributed by atoms with E-state index in [2.05, 4.69) is 0 Å². The maximum Gasteiger partial charge on any atom is 0.236 e. The second-order valence-corrected chi connectivity index (χ2v) is 3.47. The molecule has 1 aromatic rings. The van der Waals surface area contributed by atoms with Gasteiger partial charge in [-0.05, 0) is 24.1 Å². The Hall–Kier alpha value is -1.62. The highest BCUT2D eigenvalue weighted by Gasteiger charge is 2.07. The van der Waals surface area contributed by atoms with E-state index < -0.39 is 5.82 Å². The summed E-state index contributed by atoms with van der Waals surface area (Å²) >= 11 is 0. The molecule has 0 radical (unpaired) electrons. The Morgan fingerprint density at radius 3 is 2.75 bits per heavy atom. The fourth-order valence-electron chi connectivity index (χ4n) is 1.29. The van der Waals surface area contributed by atoms with Crippen molar-refractivity contribution in [2.45, 2.75) is 12.8 Å². The van der Waals surface area contributed by atoms with E-state index in [0.717, 1.165) is 10.6 Å². The van der Waals surface area contributed by atoms with Gasteiger partial charge in [0.1, 0.15) is 0 Å². The van der Waals surface area contributed by atoms with Crippen LogP contribution in [0.25, 0.3) is 0 Å². The number of hydrogen-bond donors (Lipinski definition) is 1. The molecule has 0 aromatic heterocycles. The molecule has 0 aliphatic carbocycles. The molecular weight excluding hydrogens is 211 g/mol. The van der Waals surface area contributed by atoms with Crippen molar-refractivity contribution in [3.05, 3.63) is 29.6 Å². The summed E-state index contributed by atoms with van der Waals surface area (Å²) in [5.74, 6) is 4.86. The highest BCUT2D eigenvalue weighted by atomic mass is 19.1. The van der Waals surface area contributed by atoms with Crippen molar-refractivity contribution in [3.8, 4) is 5.75 Å². The zero-order valence-corrected chi connectivity index (χ0v) is 9.37. The van der Waals surface area contributed by atoms with Gasteiger partial charge < -0.3 is 4.74 Å². The molecule has 16 heavy (non-hydrogen) atoms. The highest BCUT2D eigenvalue weighted by Crippen LogP contribution is 2.18. The highest BCUT2D eigenvalue weighted by molar-refractivity contribution is 5.75. The molecule has 0 unspecified atom stereocenters. The number of carbonyl (C=O) groups is 1. The monoisotopic (exact) mass is 226 g/mol. The molecule has 0 aliphatic heterocycles. The first-order valence-corrected chi connectivity index (χ1v) is 4.88. The zero-order valence-electron chi connectivity index (χ0n) is 9.37. The van der Waals surface area contributed by atoms with Crippen molar-refractivity contribution in [1.82, 2.24) is 5.01 Å². The number of rotatable bonds is 4. The predicted molar refractivity (Wildman–Crippen MR) is 58.2 cm³/mol. The number of aryl methyl sites for hydroxylation is 1. The summed E-state index contributed by atoms with van der Waals surface area (Å²) in [6.45, 7) is 0. The molecule has 4 nitrogen and oxygen atoms in total. The van der Waals surface area contributed by atoms with E-state index in [9.17, 15) is 9.18 Å². The first kappa shape index (κ1) is 12.4. The number of nitrogens with two attached hydrogens (primary N) is 1. The first-order chi connectivity index (χ1) is 7.54. The van der Waals surface area contributed by atoms with Crippen LogP contribution in [0.5, 0.6) is 5.75 Å². The van der Waals surface area contributed by atoms with Crippen LogP contribution in [0.2, 0.25) is 0 Å². The minimum Gasteiger partial charge on any atom is -0.494 e. The largest absolute Gasteiger partial charge is 0.494 e. The van der Waals surface area contributed by atoms with Crippen LogP contribution in [0.1, 0.15) is 12.0 Å². The summed E-state index contributed by atoms with van der Waals surface area (Å²) in [5, 5.41) is 1.03. The molecule has 88 valence electrons. The Labute approximate surface area is 93.8 Å². The fraction of sp³-hybridized carbons (Fsp3) is 0.364. The lowest BCUT2D eigenvalue weighted by molar-refractivity contribution is -0.130. The van der Waals surface area contributed by atoms with Crippen LogP contribution in [0.15, 0.2) is 18.2 Å². The van der Waals surface area contributed by atoms with Gasteiger partial charge in [-0.15, -0.1) is 0 Å². The predicted octanol–water partition coefficient (Wildman–Crippen LogP) is 1.10. The Kier molecular flexibility index (Phi) is 4.25. The third-order valence-electron chi connectivity index (χ3n) is 2.24. The smallest absolute Gasteiger partial charge is 0.236 e. The van der Waals surface area contributed by atoms with E-state index in [0.29, 0.717) is 6.42 Å². The number of hydrogen-bond acceptors (Lipinski definition) is 3. The molecule has 0 saturated carbocycles. The Balaban J connectivity index is 2.62. The summed E-state index contributed by atoms with van der Waals surface area (Å²) < 4.78 is 18.1. The van der Waals surface area contributed by atoms with Gasteiger partial charge in [0.15, 0.2) is 11.6 Å². The van der Waals surface area contributed by atoms with Gasteiger partial charge in [0.05, 0.1) is 7.11 Å². The third-order valence-corrected chi connectivity index (χ3v) is 2.24. The van der Waals surface area contributed by atoms with Crippen molar-refractivity contribution in [3.63, 3.8) is 0 Å². The lowest BCUT2D eigenvalue weighted by atomic mass is 10.1. The number of benzene rings is 1. The summed E-state index contributed by atoms with van der Waals surface area (Å²) in [6.07, 6.45) is 0.722. The molecule has 0 heterocycles. The molecule has 2 N–H and O–H groups in total. The normalized spacial score (nSPS) is 10.0. The SMILES string of the molecule is COc1ccc(CCC(=O)N(C)N)cc1F. The lowest BCUT2D eigenvalue weighted by Gasteiger charge is -2.09. The summed E-state index contributed by atoms with van der Waals surface area (Å²) in [7, 11) is 2.89. The van der Waals surface area contributed by atoms with Gasteiger partial charge in [-0.2, -0.15) is 0 Å². The number of carbonyl (C=O) groups excluding carboxylic acids is 1. The second-order valence-electron chi connectivity index (χ2n) is 3.47. The van der Waals surface area contributed by atoms with Crippen molar-refractivity contribution in [2.75, 3.05) is 14.2 Å². The third kappa shape index (κ3) is 3.20. The summed E-state index contributed by atoms with van der Waals surface area (Å²) in [4.78, 5) is 11.2. The van der Waals surface area contributed by atoms with Crippen LogP contribution in [-0.4, -0.2) is 25.1 Å². The molecule has 5 heteroatoms. The standard InChI is InChI=1S/C11H15FN2O2/c1-14(13)11(15)6-4-8-3-5-10(16-2)9(12)7-8/h3,5,7H,4,6,13H2,1-2H3. The number of hydrazine groups is 1. The molecule has 1 amide bonds. The van der Waals surface area contributed by atoms with E-state index in [1.807, 2.05) is 0 Å². The van der Waals surface area contributed by atoms with Crippen LogP contribution < -0.4 is 10.6 Å². The van der Waals surface area contributed by atoms with Crippen molar-refractivity contribution >= 4 is 5.91 Å². The van der Waals surface area contributed by atoms with Crippen LogP contribution in [0, 0.1) is 5.82 Å². The molecule has 0 spiro atoms. The average Bonchev–Trinajstić information content (AvgIpc) is 2.25. The van der Waals surface area contributed by atoms with Gasteiger partial charge >= 0.3 is 0 Å². The molecule has 0 atom stereocenters. The zero-order chi connectivity index (χ0) is 12.1. The minimum atomic E-state index is -0.423. The van der Waals surface area contributed by atoms with Crippen LogP contribution in [0.4, 0.5) is 4.39 Å². The second kappa shape index (κ2) is 5.46. The summed E-state index contributed by atoms with van der Waals surface area (Å²) in [5.41, 5.74) is 0.744. The van der Waals surface area contributed by atoms with E-state index in [1.54, 1.807) is 12.1 Å². The first-order valence-electron chi connectivity index (χ1n) is 4.88. The van der Waals surface area contributed by atoms with E-state index in [4.69, 9.17) is 10.6 Å². The Morgan fingerprint density at radius 1 is 1.56 bits per heavy atom. The van der Waals surface area contributed by atoms with E-state index >= 15 is 0 Å². The molecular formula is C11H15FN2O2. The van der Waals surface area contributed by atoms with Gasteiger partial charge in [0, 0.05) is 13.5 Å². The molecule has 0 fully saturated rings. The quantitative estimate of drug-likeness (QED) is 0.475. The number of halogens is 1. The number of nitrogens with zero attached hydrogens (tertiary/aromatic N) is 1. The topological polar surface area (TPSA) is 55.6 Å². The Morgan fingerprint density at radius 2 is 2.25 bits per heavy atom. The minimum absolute atomic E-state index is 0.184. The van der Waals surface area contributed by atoms with Gasteiger partial charge in [-0.3, -0.25) is 9.80 Å². The molecule has 1 rings (SSSR count). The van der Waals surface area contributed by atoms with Crippen LogP contribution >= 0.6 is 0 Å². The van der Waals surface area contributed by atoms with Crippen LogP contribution in [-0.2, 0) is 11.2 Å². The molecule has 1 aromatic carbocycles. The van der Waals surface area contributed by atoms with Gasteiger partial charge in [-0.1, -0.05) is 6.07 Å². The Bertz CT molecular complexity index is 380. The lowest BCUT2D eigenvalue weighted by Crippen LogP contribution is -2.33. The fourth-order valence-corrected chi connectivity index (χ4v) is 1.29. The number of ether oxygens (including phenoxy) is 1. The number of methoxy groups -OCH3 is 1. The van der Waals surface area contributed by atoms with Gasteiger partial charge in [-0.25, -0.2) is 10.2 Å². The van der Waals surface area contributed by atoms with Crippen molar-refractivity contribution < 1.29 is 13.9 Å². The van der Waals surface area contributed by atoms with Crippen LogP contribution in [0.3, 0.4) is 0 Å². The molecule has 0 saturated heterocycles. The maximum atomic E-state index is 13.3. The average molecular weight is 226 g/mol.